The third-order valence-electron chi connectivity index (χ3n) is 1.69. The highest BCUT2D eigenvalue weighted by molar-refractivity contribution is 6.16. The zero-order valence-corrected chi connectivity index (χ0v) is 8.85. The lowest BCUT2D eigenvalue weighted by Gasteiger charge is -1.91. The quantitative estimate of drug-likeness (QED) is 0.805. The highest BCUT2D eigenvalue weighted by Gasteiger charge is 2.02. The van der Waals surface area contributed by atoms with Crippen LogP contribution in [0.25, 0.3) is 11.4 Å². The van der Waals surface area contributed by atoms with Gasteiger partial charge >= 0.3 is 0 Å². The SMILES string of the molecule is Cl.ClCc1nc(-c2ccccc2)n[nH]1. The molecule has 14 heavy (non-hydrogen) atoms. The van der Waals surface area contributed by atoms with Gasteiger partial charge in [-0.05, 0) is 0 Å². The van der Waals surface area contributed by atoms with E-state index in [1.807, 2.05) is 30.3 Å². The number of aromatic amines is 1. The molecule has 1 heterocycles. The summed E-state index contributed by atoms with van der Waals surface area (Å²) in [6.07, 6.45) is 0. The third-order valence-corrected chi connectivity index (χ3v) is 1.94. The van der Waals surface area contributed by atoms with Gasteiger partial charge < -0.3 is 0 Å². The van der Waals surface area contributed by atoms with Crippen molar-refractivity contribution in [2.75, 3.05) is 0 Å². The normalized spacial score (nSPS) is 9.50. The fourth-order valence-corrected chi connectivity index (χ4v) is 1.19. The topological polar surface area (TPSA) is 41.6 Å². The zero-order valence-electron chi connectivity index (χ0n) is 7.27. The molecule has 0 radical (unpaired) electrons. The lowest BCUT2D eigenvalue weighted by atomic mass is 10.2. The van der Waals surface area contributed by atoms with E-state index in [9.17, 15) is 0 Å². The van der Waals surface area contributed by atoms with Crippen molar-refractivity contribution in [2.24, 2.45) is 0 Å². The van der Waals surface area contributed by atoms with Gasteiger partial charge in [-0.15, -0.1) is 24.0 Å². The molecule has 5 heteroatoms. The first-order chi connectivity index (χ1) is 6.40. The van der Waals surface area contributed by atoms with E-state index in [4.69, 9.17) is 11.6 Å². The maximum absolute atomic E-state index is 5.59. The van der Waals surface area contributed by atoms with E-state index in [2.05, 4.69) is 15.2 Å². The largest absolute Gasteiger partial charge is 0.262 e. The highest BCUT2D eigenvalue weighted by atomic mass is 35.5. The van der Waals surface area contributed by atoms with Crippen molar-refractivity contribution in [3.05, 3.63) is 36.2 Å². The van der Waals surface area contributed by atoms with Crippen LogP contribution in [0.3, 0.4) is 0 Å². The number of nitrogens with zero attached hydrogens (tertiary/aromatic N) is 2. The standard InChI is InChI=1S/C9H8ClN3.ClH/c10-6-8-11-9(13-12-8)7-4-2-1-3-5-7;/h1-5H,6H2,(H,11,12,13);1H. The van der Waals surface area contributed by atoms with Gasteiger partial charge in [0.1, 0.15) is 5.82 Å². The van der Waals surface area contributed by atoms with Crippen molar-refractivity contribution in [1.82, 2.24) is 15.2 Å². The molecule has 0 aliphatic rings. The van der Waals surface area contributed by atoms with E-state index in [-0.39, 0.29) is 12.4 Å². The van der Waals surface area contributed by atoms with Crippen molar-refractivity contribution in [1.29, 1.82) is 0 Å². The molecule has 74 valence electrons. The number of nitrogens with one attached hydrogen (secondary N) is 1. The molecule has 2 aromatic rings. The van der Waals surface area contributed by atoms with Crippen molar-refractivity contribution in [2.45, 2.75) is 5.88 Å². The van der Waals surface area contributed by atoms with Gasteiger partial charge in [0.05, 0.1) is 5.88 Å². The molecule has 0 atom stereocenters. The van der Waals surface area contributed by atoms with Crippen molar-refractivity contribution < 1.29 is 0 Å². The van der Waals surface area contributed by atoms with E-state index >= 15 is 0 Å². The molecule has 0 saturated heterocycles. The second-order valence-corrected chi connectivity index (χ2v) is 2.87. The summed E-state index contributed by atoms with van der Waals surface area (Å²) in [5, 5.41) is 6.80. The van der Waals surface area contributed by atoms with Crippen LogP contribution in [-0.4, -0.2) is 15.2 Å². The van der Waals surface area contributed by atoms with E-state index in [1.165, 1.54) is 0 Å². The Hall–Kier alpha value is -1.06. The molecule has 0 saturated carbocycles. The van der Waals surface area contributed by atoms with E-state index in [0.717, 1.165) is 5.56 Å². The van der Waals surface area contributed by atoms with Crippen LogP contribution in [0.1, 0.15) is 5.82 Å². The summed E-state index contributed by atoms with van der Waals surface area (Å²) in [6, 6.07) is 9.78. The molecule has 0 unspecified atom stereocenters. The van der Waals surface area contributed by atoms with Crippen LogP contribution in [0, 0.1) is 0 Å². The van der Waals surface area contributed by atoms with Crippen molar-refractivity contribution in [3.63, 3.8) is 0 Å². The molecule has 2 rings (SSSR count). The van der Waals surface area contributed by atoms with Gasteiger partial charge in [0.25, 0.3) is 0 Å². The summed E-state index contributed by atoms with van der Waals surface area (Å²) in [5.41, 5.74) is 0.995. The number of benzene rings is 1. The fourth-order valence-electron chi connectivity index (χ4n) is 1.07. The van der Waals surface area contributed by atoms with Gasteiger partial charge in [-0.1, -0.05) is 30.3 Å². The Balaban J connectivity index is 0.000000980. The third kappa shape index (κ3) is 2.25. The smallest absolute Gasteiger partial charge is 0.181 e. The van der Waals surface area contributed by atoms with Crippen LogP contribution in [0.2, 0.25) is 0 Å². The number of H-pyrrole nitrogens is 1. The van der Waals surface area contributed by atoms with Gasteiger partial charge in [0, 0.05) is 5.56 Å². The van der Waals surface area contributed by atoms with Crippen molar-refractivity contribution >= 4 is 24.0 Å². The second kappa shape index (κ2) is 4.98. The van der Waals surface area contributed by atoms with Gasteiger partial charge in [-0.25, -0.2) is 4.98 Å². The fraction of sp³-hybridized carbons (Fsp3) is 0.111. The molecule has 0 bridgehead atoms. The Labute approximate surface area is 92.9 Å². The second-order valence-electron chi connectivity index (χ2n) is 2.61. The van der Waals surface area contributed by atoms with E-state index in [1.54, 1.807) is 0 Å². The summed E-state index contributed by atoms with van der Waals surface area (Å²) in [4.78, 5) is 4.20. The summed E-state index contributed by atoms with van der Waals surface area (Å²) in [7, 11) is 0. The van der Waals surface area contributed by atoms with Crippen LogP contribution >= 0.6 is 24.0 Å². The first kappa shape index (κ1) is 11.0. The molecule has 1 aromatic carbocycles. The molecule has 0 spiro atoms. The van der Waals surface area contributed by atoms with Crippen LogP contribution in [-0.2, 0) is 5.88 Å². The summed E-state index contributed by atoms with van der Waals surface area (Å²) >= 11 is 5.59. The predicted molar refractivity (Wildman–Crippen MR) is 58.6 cm³/mol. The summed E-state index contributed by atoms with van der Waals surface area (Å²) < 4.78 is 0. The van der Waals surface area contributed by atoms with Gasteiger partial charge in [0.2, 0.25) is 0 Å². The molecule has 0 amide bonds. The number of aromatic nitrogens is 3. The van der Waals surface area contributed by atoms with Gasteiger partial charge in [-0.3, -0.25) is 5.10 Å². The number of hydrogen-bond acceptors (Lipinski definition) is 2. The lowest BCUT2D eigenvalue weighted by Crippen LogP contribution is -1.80. The first-order valence-corrected chi connectivity index (χ1v) is 4.46. The first-order valence-electron chi connectivity index (χ1n) is 3.93. The highest BCUT2D eigenvalue weighted by Crippen LogP contribution is 2.13. The average molecular weight is 230 g/mol. The molecular weight excluding hydrogens is 221 g/mol. The van der Waals surface area contributed by atoms with E-state index < -0.39 is 0 Å². The summed E-state index contributed by atoms with van der Waals surface area (Å²) in [6.45, 7) is 0. The monoisotopic (exact) mass is 229 g/mol. The Bertz CT molecular complexity index is 386. The minimum absolute atomic E-state index is 0. The van der Waals surface area contributed by atoms with Crippen molar-refractivity contribution in [3.8, 4) is 11.4 Å². The molecule has 0 fully saturated rings. The molecule has 1 aromatic heterocycles. The predicted octanol–water partition coefficient (Wildman–Crippen LogP) is 2.63. The Kier molecular flexibility index (Phi) is 3.92. The average Bonchev–Trinajstić information content (AvgIpc) is 2.67. The maximum Gasteiger partial charge on any atom is 0.181 e. The lowest BCUT2D eigenvalue weighted by molar-refractivity contribution is 1.02. The minimum Gasteiger partial charge on any atom is -0.262 e. The van der Waals surface area contributed by atoms with Crippen LogP contribution in [0.4, 0.5) is 0 Å². The number of alkyl halides is 1. The van der Waals surface area contributed by atoms with E-state index in [0.29, 0.717) is 17.5 Å². The van der Waals surface area contributed by atoms with Crippen LogP contribution < -0.4 is 0 Å². The molecule has 1 N–H and O–H groups in total. The Morgan fingerprint density at radius 3 is 2.50 bits per heavy atom. The number of hydrogen-bond donors (Lipinski definition) is 1. The zero-order chi connectivity index (χ0) is 9.10. The molecule has 3 nitrogen and oxygen atoms in total. The molecule has 0 aliphatic heterocycles. The number of rotatable bonds is 2. The summed E-state index contributed by atoms with van der Waals surface area (Å²) in [5.74, 6) is 1.75. The minimum atomic E-state index is 0. The maximum atomic E-state index is 5.59. The number of halogens is 2. The Morgan fingerprint density at radius 1 is 1.21 bits per heavy atom. The van der Waals surface area contributed by atoms with Crippen LogP contribution in [0.5, 0.6) is 0 Å². The van der Waals surface area contributed by atoms with Gasteiger partial charge in [-0.2, -0.15) is 5.10 Å². The van der Waals surface area contributed by atoms with Crippen LogP contribution in [0.15, 0.2) is 30.3 Å². The molecular formula is C9H9Cl2N3. The molecule has 0 aliphatic carbocycles. The Morgan fingerprint density at radius 2 is 1.93 bits per heavy atom. The van der Waals surface area contributed by atoms with Gasteiger partial charge in [0.15, 0.2) is 5.82 Å².